The molecular weight excluding hydrogens is 512 g/mol. The van der Waals surface area contributed by atoms with Gasteiger partial charge in [-0.1, -0.05) is 36.4 Å². The van der Waals surface area contributed by atoms with E-state index in [2.05, 4.69) is 17.4 Å². The number of ether oxygens (including phenoxy) is 1. The summed E-state index contributed by atoms with van der Waals surface area (Å²) in [5.74, 6) is -1.89. The number of fused-ring (bicyclic) bond motifs is 2. The quantitative estimate of drug-likeness (QED) is 0.245. The van der Waals surface area contributed by atoms with Gasteiger partial charge in [0.25, 0.3) is 17.7 Å². The Kier molecular flexibility index (Phi) is 6.32. The molecule has 0 atom stereocenters. The molecule has 0 saturated heterocycles. The Morgan fingerprint density at radius 2 is 1.56 bits per heavy atom. The molecule has 194 valence electrons. The van der Waals surface area contributed by atoms with Crippen LogP contribution in [0.5, 0.6) is 0 Å². The summed E-state index contributed by atoms with van der Waals surface area (Å²) in [6, 6.07) is 19.2. The molecule has 2 aliphatic rings. The first-order valence-electron chi connectivity index (χ1n) is 12.7. The van der Waals surface area contributed by atoms with Crippen LogP contribution in [0.3, 0.4) is 0 Å². The predicted molar refractivity (Wildman–Crippen MR) is 150 cm³/mol. The molecule has 0 unspecified atom stereocenters. The molecule has 3 aromatic carbocycles. The number of amides is 3. The zero-order chi connectivity index (χ0) is 27.1. The van der Waals surface area contributed by atoms with Gasteiger partial charge in [-0.15, -0.1) is 11.3 Å². The van der Waals surface area contributed by atoms with E-state index in [1.165, 1.54) is 42.1 Å². The summed E-state index contributed by atoms with van der Waals surface area (Å²) >= 11 is 1.25. The van der Waals surface area contributed by atoms with Crippen LogP contribution in [0.2, 0.25) is 0 Å². The Balaban J connectivity index is 1.30. The highest BCUT2D eigenvalue weighted by molar-refractivity contribution is 7.15. The molecule has 0 spiro atoms. The minimum Gasteiger partial charge on any atom is -0.465 e. The number of nitrogens with one attached hydrogen (secondary N) is 1. The molecule has 1 N–H and O–H groups in total. The van der Waals surface area contributed by atoms with Crippen molar-refractivity contribution in [3.63, 3.8) is 0 Å². The van der Waals surface area contributed by atoms with E-state index in [0.29, 0.717) is 32.9 Å². The minimum absolute atomic E-state index is 0.239. The maximum Gasteiger partial charge on any atom is 0.341 e. The van der Waals surface area contributed by atoms with E-state index < -0.39 is 23.7 Å². The van der Waals surface area contributed by atoms with E-state index in [0.717, 1.165) is 29.7 Å². The number of carbonyl (C=O) groups is 4. The van der Waals surface area contributed by atoms with Crippen LogP contribution in [-0.4, -0.2) is 30.8 Å². The zero-order valence-electron chi connectivity index (χ0n) is 21.2. The lowest BCUT2D eigenvalue weighted by Gasteiger charge is -2.17. The van der Waals surface area contributed by atoms with Crippen molar-refractivity contribution in [2.24, 2.45) is 0 Å². The molecule has 0 bridgehead atoms. The number of thiophene rings is 1. The summed E-state index contributed by atoms with van der Waals surface area (Å²) in [7, 11) is 1.31. The summed E-state index contributed by atoms with van der Waals surface area (Å²) in [5.41, 5.74) is 5.72. The number of aryl methyl sites for hydroxylation is 2. The van der Waals surface area contributed by atoms with Crippen molar-refractivity contribution in [3.8, 4) is 11.1 Å². The van der Waals surface area contributed by atoms with Crippen LogP contribution in [0, 0.1) is 0 Å². The second kappa shape index (κ2) is 9.96. The summed E-state index contributed by atoms with van der Waals surface area (Å²) < 4.78 is 5.07. The third kappa shape index (κ3) is 4.32. The Hall–Kier alpha value is -4.56. The molecule has 2 heterocycles. The minimum atomic E-state index is -0.543. The number of hydrogen-bond acceptors (Lipinski definition) is 6. The molecule has 4 aromatic rings. The Labute approximate surface area is 229 Å². The molecule has 3 amide bonds. The van der Waals surface area contributed by atoms with Crippen molar-refractivity contribution in [1.29, 1.82) is 0 Å². The van der Waals surface area contributed by atoms with E-state index >= 15 is 0 Å². The lowest BCUT2D eigenvalue weighted by molar-refractivity contribution is 0.0603. The van der Waals surface area contributed by atoms with Crippen molar-refractivity contribution in [1.82, 2.24) is 0 Å². The Morgan fingerprint density at radius 3 is 2.28 bits per heavy atom. The van der Waals surface area contributed by atoms with E-state index in [1.54, 1.807) is 42.5 Å². The summed E-state index contributed by atoms with van der Waals surface area (Å²) in [5, 5.41) is 5.06. The van der Waals surface area contributed by atoms with Crippen LogP contribution < -0.4 is 10.2 Å². The van der Waals surface area contributed by atoms with Gasteiger partial charge in [-0.2, -0.15) is 0 Å². The molecule has 6 rings (SSSR count). The number of hydrogen-bond donors (Lipinski definition) is 1. The molecule has 0 radical (unpaired) electrons. The Bertz CT molecular complexity index is 1640. The fourth-order valence-electron chi connectivity index (χ4n) is 5.25. The van der Waals surface area contributed by atoms with Gasteiger partial charge in [-0.25, -0.2) is 9.69 Å². The number of methoxy groups -OCH3 is 1. The SMILES string of the molecule is COC(=O)c1c(-c2ccc3c(c2)CCCC3)csc1NC(=O)c1cccc(N2C(=O)c3ccccc3C2=O)c1. The monoisotopic (exact) mass is 536 g/mol. The molecule has 0 fully saturated rings. The van der Waals surface area contributed by atoms with E-state index in [9.17, 15) is 19.2 Å². The van der Waals surface area contributed by atoms with E-state index in [-0.39, 0.29) is 5.56 Å². The van der Waals surface area contributed by atoms with Crippen molar-refractivity contribution in [3.05, 3.63) is 105 Å². The number of nitrogens with zero attached hydrogens (tertiary/aromatic N) is 1. The topological polar surface area (TPSA) is 92.8 Å². The van der Waals surface area contributed by atoms with Crippen LogP contribution >= 0.6 is 11.3 Å². The number of rotatable bonds is 5. The highest BCUT2D eigenvalue weighted by Crippen LogP contribution is 2.38. The average molecular weight is 537 g/mol. The van der Waals surface area contributed by atoms with Gasteiger partial charge < -0.3 is 10.1 Å². The van der Waals surface area contributed by atoms with Crippen molar-refractivity contribution in [2.75, 3.05) is 17.3 Å². The summed E-state index contributed by atoms with van der Waals surface area (Å²) in [6.07, 6.45) is 4.39. The van der Waals surface area contributed by atoms with Gasteiger partial charge in [0.1, 0.15) is 10.6 Å². The maximum atomic E-state index is 13.3. The summed E-state index contributed by atoms with van der Waals surface area (Å²) in [6.45, 7) is 0. The largest absolute Gasteiger partial charge is 0.465 e. The number of imide groups is 1. The number of anilines is 2. The highest BCUT2D eigenvalue weighted by atomic mass is 32.1. The first-order valence-corrected chi connectivity index (χ1v) is 13.6. The Morgan fingerprint density at radius 1 is 0.846 bits per heavy atom. The molecule has 1 aliphatic heterocycles. The van der Waals surface area contributed by atoms with Gasteiger partial charge in [-0.05, 0) is 72.7 Å². The van der Waals surface area contributed by atoms with Crippen LogP contribution in [0.4, 0.5) is 10.7 Å². The van der Waals surface area contributed by atoms with Gasteiger partial charge >= 0.3 is 5.97 Å². The predicted octanol–water partition coefficient (Wildman–Crippen LogP) is 6.13. The maximum absolute atomic E-state index is 13.3. The normalized spacial score (nSPS) is 14.1. The smallest absolute Gasteiger partial charge is 0.341 e. The molecule has 7 nitrogen and oxygen atoms in total. The lowest BCUT2D eigenvalue weighted by Crippen LogP contribution is -2.29. The first-order chi connectivity index (χ1) is 19.0. The van der Waals surface area contributed by atoms with Crippen LogP contribution in [0.1, 0.15) is 65.4 Å². The van der Waals surface area contributed by atoms with Gasteiger partial charge in [0.15, 0.2) is 0 Å². The number of esters is 1. The molecular formula is C31H24N2O5S. The zero-order valence-corrected chi connectivity index (χ0v) is 22.0. The second-order valence-electron chi connectivity index (χ2n) is 9.53. The molecule has 8 heteroatoms. The van der Waals surface area contributed by atoms with Crippen molar-refractivity contribution in [2.45, 2.75) is 25.7 Å². The van der Waals surface area contributed by atoms with Crippen molar-refractivity contribution >= 4 is 45.7 Å². The molecule has 0 saturated carbocycles. The van der Waals surface area contributed by atoms with Crippen LogP contribution in [0.25, 0.3) is 11.1 Å². The van der Waals surface area contributed by atoms with Crippen molar-refractivity contribution < 1.29 is 23.9 Å². The van der Waals surface area contributed by atoms with E-state index in [1.807, 2.05) is 11.4 Å². The molecule has 1 aliphatic carbocycles. The van der Waals surface area contributed by atoms with Crippen LogP contribution in [0.15, 0.2) is 72.1 Å². The van der Waals surface area contributed by atoms with Gasteiger partial charge in [-0.3, -0.25) is 14.4 Å². The fraction of sp³-hybridized carbons (Fsp3) is 0.161. The van der Waals surface area contributed by atoms with Gasteiger partial charge in [0, 0.05) is 16.5 Å². The molecule has 39 heavy (non-hydrogen) atoms. The van der Waals surface area contributed by atoms with Gasteiger partial charge in [0.2, 0.25) is 0 Å². The van der Waals surface area contributed by atoms with E-state index in [4.69, 9.17) is 4.74 Å². The standard InChI is InChI=1S/C31H24N2O5S/c1-38-31(37)26-25(20-14-13-18-7-2-3-8-19(18)15-20)17-39-28(26)32-27(34)21-9-6-10-22(16-21)33-29(35)23-11-4-5-12-24(23)30(33)36/h4-6,9-17H,2-3,7-8H2,1H3,(H,32,34). The van der Waals surface area contributed by atoms with Crippen LogP contribution in [-0.2, 0) is 17.6 Å². The highest BCUT2D eigenvalue weighted by Gasteiger charge is 2.36. The third-order valence-electron chi connectivity index (χ3n) is 7.23. The fourth-order valence-corrected chi connectivity index (χ4v) is 6.21. The van der Waals surface area contributed by atoms with Gasteiger partial charge in [0.05, 0.1) is 23.9 Å². The number of carbonyl (C=O) groups excluding carboxylic acids is 4. The average Bonchev–Trinajstić information content (AvgIpc) is 3.50. The molecule has 1 aromatic heterocycles. The lowest BCUT2D eigenvalue weighted by atomic mass is 9.89. The summed E-state index contributed by atoms with van der Waals surface area (Å²) in [4.78, 5) is 53.1. The number of benzene rings is 3. The first kappa shape index (κ1) is 24.8. The second-order valence-corrected chi connectivity index (χ2v) is 10.4. The third-order valence-corrected chi connectivity index (χ3v) is 8.12.